The van der Waals surface area contributed by atoms with E-state index in [9.17, 15) is 0 Å². The lowest BCUT2D eigenvalue weighted by molar-refractivity contribution is 0.674. The average Bonchev–Trinajstić information content (AvgIpc) is 2.53. The Kier molecular flexibility index (Phi) is 5.26. The Labute approximate surface area is 129 Å². The maximum atomic E-state index is 4.29. The van der Waals surface area contributed by atoms with Crippen molar-refractivity contribution in [3.63, 3.8) is 0 Å². The van der Waals surface area contributed by atoms with Gasteiger partial charge in [0.15, 0.2) is 0 Å². The minimum Gasteiger partial charge on any atom is -0.378 e. The van der Waals surface area contributed by atoms with Gasteiger partial charge in [-0.15, -0.1) is 0 Å². The zero-order valence-corrected chi connectivity index (χ0v) is 13.3. The largest absolute Gasteiger partial charge is 0.378 e. The van der Waals surface area contributed by atoms with E-state index >= 15 is 0 Å². The molecule has 2 aromatic carbocycles. The van der Waals surface area contributed by atoms with Gasteiger partial charge in [0, 0.05) is 38.6 Å². The second-order valence-electron chi connectivity index (χ2n) is 5.70. The SMILES string of the molecule is [CH2]C(CCc1ccc(N(C)C)cc1)N(C)c1ccccc1. The van der Waals surface area contributed by atoms with Crippen LogP contribution in [0.1, 0.15) is 12.0 Å². The fourth-order valence-corrected chi connectivity index (χ4v) is 2.36. The van der Waals surface area contributed by atoms with E-state index < -0.39 is 0 Å². The van der Waals surface area contributed by atoms with Gasteiger partial charge >= 0.3 is 0 Å². The summed E-state index contributed by atoms with van der Waals surface area (Å²) in [5, 5.41) is 0. The highest BCUT2D eigenvalue weighted by Crippen LogP contribution is 2.18. The summed E-state index contributed by atoms with van der Waals surface area (Å²) in [6.07, 6.45) is 2.10. The van der Waals surface area contributed by atoms with Crippen molar-refractivity contribution in [2.75, 3.05) is 30.9 Å². The molecule has 0 fully saturated rings. The lowest BCUT2D eigenvalue weighted by Gasteiger charge is -2.27. The fraction of sp³-hybridized carbons (Fsp3) is 0.316. The predicted molar refractivity (Wildman–Crippen MR) is 93.1 cm³/mol. The van der Waals surface area contributed by atoms with Crippen molar-refractivity contribution in [2.24, 2.45) is 0 Å². The normalized spacial score (nSPS) is 12.0. The molecule has 2 heteroatoms. The topological polar surface area (TPSA) is 6.48 Å². The predicted octanol–water partition coefficient (Wildman–Crippen LogP) is 4.02. The summed E-state index contributed by atoms with van der Waals surface area (Å²) in [6, 6.07) is 19.5. The summed E-state index contributed by atoms with van der Waals surface area (Å²) >= 11 is 0. The van der Waals surface area contributed by atoms with Gasteiger partial charge < -0.3 is 9.80 Å². The lowest BCUT2D eigenvalue weighted by Crippen LogP contribution is -2.29. The van der Waals surface area contributed by atoms with Crippen molar-refractivity contribution >= 4 is 11.4 Å². The number of aryl methyl sites for hydroxylation is 1. The van der Waals surface area contributed by atoms with Gasteiger partial charge in [0.05, 0.1) is 0 Å². The van der Waals surface area contributed by atoms with Crippen molar-refractivity contribution < 1.29 is 0 Å². The van der Waals surface area contributed by atoms with E-state index in [1.807, 2.05) is 6.07 Å². The molecule has 111 valence electrons. The van der Waals surface area contributed by atoms with E-state index in [1.165, 1.54) is 16.9 Å². The summed E-state index contributed by atoms with van der Waals surface area (Å²) in [6.45, 7) is 4.29. The van der Waals surface area contributed by atoms with Crippen molar-refractivity contribution in [1.82, 2.24) is 0 Å². The van der Waals surface area contributed by atoms with Crippen LogP contribution in [-0.4, -0.2) is 27.2 Å². The molecule has 0 bridgehead atoms. The zero-order valence-electron chi connectivity index (χ0n) is 13.3. The van der Waals surface area contributed by atoms with E-state index in [2.05, 4.69) is 86.4 Å². The highest BCUT2D eigenvalue weighted by Gasteiger charge is 2.10. The van der Waals surface area contributed by atoms with Crippen molar-refractivity contribution in [3.05, 3.63) is 67.1 Å². The van der Waals surface area contributed by atoms with Crippen LogP contribution >= 0.6 is 0 Å². The third-order valence-electron chi connectivity index (χ3n) is 3.93. The molecule has 0 aromatic heterocycles. The summed E-state index contributed by atoms with van der Waals surface area (Å²) < 4.78 is 0. The van der Waals surface area contributed by atoms with Gasteiger partial charge in [0.2, 0.25) is 0 Å². The monoisotopic (exact) mass is 281 g/mol. The molecule has 2 rings (SSSR count). The molecule has 21 heavy (non-hydrogen) atoms. The Balaban J connectivity index is 1.90. The molecule has 0 aliphatic carbocycles. The Bertz CT molecular complexity index is 531. The third kappa shape index (κ3) is 4.25. The zero-order chi connectivity index (χ0) is 15.2. The quantitative estimate of drug-likeness (QED) is 0.789. The highest BCUT2D eigenvalue weighted by atomic mass is 15.1. The number of para-hydroxylation sites is 1. The minimum atomic E-state index is 0.279. The molecule has 1 unspecified atom stereocenters. The molecule has 0 saturated heterocycles. The summed E-state index contributed by atoms with van der Waals surface area (Å²) in [5.41, 5.74) is 3.84. The van der Waals surface area contributed by atoms with Gasteiger partial charge in [0.25, 0.3) is 0 Å². The molecule has 0 amide bonds. The number of nitrogens with zero attached hydrogens (tertiary/aromatic N) is 2. The maximum absolute atomic E-state index is 4.29. The first-order valence-electron chi connectivity index (χ1n) is 7.45. The Morgan fingerprint density at radius 1 is 0.857 bits per heavy atom. The van der Waals surface area contributed by atoms with Gasteiger partial charge in [-0.05, 0) is 49.6 Å². The molecule has 2 nitrogen and oxygen atoms in total. The molecular formula is C19H25N2. The molecule has 0 aliphatic heterocycles. The third-order valence-corrected chi connectivity index (χ3v) is 3.93. The first kappa shape index (κ1) is 15.4. The molecule has 1 atom stereocenters. The van der Waals surface area contributed by atoms with Crippen molar-refractivity contribution in [1.29, 1.82) is 0 Å². The van der Waals surface area contributed by atoms with E-state index in [4.69, 9.17) is 0 Å². The molecule has 0 heterocycles. The number of hydrogen-bond acceptors (Lipinski definition) is 2. The first-order valence-corrected chi connectivity index (χ1v) is 7.45. The van der Waals surface area contributed by atoms with Gasteiger partial charge in [-0.3, -0.25) is 0 Å². The van der Waals surface area contributed by atoms with Crippen LogP contribution in [-0.2, 0) is 6.42 Å². The van der Waals surface area contributed by atoms with Crippen LogP contribution in [0.2, 0.25) is 0 Å². The number of anilines is 2. The smallest absolute Gasteiger partial charge is 0.0366 e. The fourth-order valence-electron chi connectivity index (χ4n) is 2.36. The summed E-state index contributed by atoms with van der Waals surface area (Å²) in [5.74, 6) is 0. The van der Waals surface area contributed by atoms with E-state index in [-0.39, 0.29) is 6.04 Å². The molecule has 1 radical (unpaired) electrons. The Morgan fingerprint density at radius 3 is 2.05 bits per heavy atom. The number of benzene rings is 2. The van der Waals surface area contributed by atoms with E-state index in [1.54, 1.807) is 0 Å². The number of hydrogen-bond donors (Lipinski definition) is 0. The highest BCUT2D eigenvalue weighted by molar-refractivity contribution is 5.47. The molecule has 2 aromatic rings. The van der Waals surface area contributed by atoms with Crippen LogP contribution in [0.15, 0.2) is 54.6 Å². The standard InChI is InChI=1S/C19H25N2/c1-16(21(4)19-8-6-5-7-9-19)10-11-17-12-14-18(15-13-17)20(2)3/h5-9,12-16H,1,10-11H2,2-4H3. The Hall–Kier alpha value is -1.96. The van der Waals surface area contributed by atoms with Crippen molar-refractivity contribution in [3.8, 4) is 0 Å². The van der Waals surface area contributed by atoms with E-state index in [0.29, 0.717) is 0 Å². The minimum absolute atomic E-state index is 0.279. The van der Waals surface area contributed by atoms with Gasteiger partial charge in [-0.1, -0.05) is 30.3 Å². The van der Waals surface area contributed by atoms with Crippen LogP contribution in [0, 0.1) is 6.92 Å². The summed E-state index contributed by atoms with van der Waals surface area (Å²) in [4.78, 5) is 4.37. The van der Waals surface area contributed by atoms with Crippen LogP contribution in [0.3, 0.4) is 0 Å². The molecule has 0 N–H and O–H groups in total. The van der Waals surface area contributed by atoms with Crippen LogP contribution in [0.4, 0.5) is 11.4 Å². The van der Waals surface area contributed by atoms with Crippen LogP contribution in [0.5, 0.6) is 0 Å². The summed E-state index contributed by atoms with van der Waals surface area (Å²) in [7, 11) is 6.24. The number of rotatable bonds is 6. The van der Waals surface area contributed by atoms with Crippen LogP contribution < -0.4 is 9.80 Å². The molecule has 0 spiro atoms. The molecule has 0 aliphatic rings. The maximum Gasteiger partial charge on any atom is 0.0366 e. The average molecular weight is 281 g/mol. The van der Waals surface area contributed by atoms with Gasteiger partial charge in [-0.25, -0.2) is 0 Å². The molecule has 0 saturated carbocycles. The molecular weight excluding hydrogens is 256 g/mol. The second kappa shape index (κ2) is 7.16. The van der Waals surface area contributed by atoms with Gasteiger partial charge in [0.1, 0.15) is 0 Å². The van der Waals surface area contributed by atoms with Gasteiger partial charge in [-0.2, -0.15) is 0 Å². The van der Waals surface area contributed by atoms with Crippen molar-refractivity contribution in [2.45, 2.75) is 18.9 Å². The lowest BCUT2D eigenvalue weighted by atomic mass is 10.0. The Morgan fingerprint density at radius 2 is 1.48 bits per heavy atom. The second-order valence-corrected chi connectivity index (χ2v) is 5.70. The van der Waals surface area contributed by atoms with E-state index in [0.717, 1.165) is 12.8 Å². The first-order chi connectivity index (χ1) is 10.1. The van der Waals surface area contributed by atoms with Crippen LogP contribution in [0.25, 0.3) is 0 Å².